The Kier molecular flexibility index (Phi) is 4.93. The second kappa shape index (κ2) is 7.29. The third-order valence-electron chi connectivity index (χ3n) is 3.22. The van der Waals surface area contributed by atoms with Crippen molar-refractivity contribution in [2.24, 2.45) is 0 Å². The van der Waals surface area contributed by atoms with Gasteiger partial charge in [0.05, 0.1) is 16.6 Å². The van der Waals surface area contributed by atoms with Gasteiger partial charge in [0.15, 0.2) is 5.16 Å². The molecule has 120 valence electrons. The molecule has 3 aromatic rings. The number of nitrogens with two attached hydrogens (primary N) is 1. The monoisotopic (exact) mass is 355 g/mol. The van der Waals surface area contributed by atoms with Gasteiger partial charge in [-0.25, -0.2) is 9.97 Å². The average molecular weight is 355 g/mol. The van der Waals surface area contributed by atoms with Crippen LogP contribution in [0.5, 0.6) is 0 Å². The number of nitrogen functional groups attached to an aromatic ring is 1. The zero-order chi connectivity index (χ0) is 16.9. The van der Waals surface area contributed by atoms with Gasteiger partial charge in [0.25, 0.3) is 0 Å². The number of para-hydroxylation sites is 1. The Labute approximate surface area is 146 Å². The summed E-state index contributed by atoms with van der Waals surface area (Å²) in [4.78, 5) is 21.5. The van der Waals surface area contributed by atoms with E-state index in [1.54, 1.807) is 24.3 Å². The summed E-state index contributed by atoms with van der Waals surface area (Å²) in [7, 11) is 0. The van der Waals surface area contributed by atoms with Crippen LogP contribution in [0.1, 0.15) is 12.0 Å². The van der Waals surface area contributed by atoms with Gasteiger partial charge in [0, 0.05) is 12.2 Å². The molecule has 0 aliphatic carbocycles. The first-order valence-corrected chi connectivity index (χ1v) is 8.96. The molecule has 2 aromatic heterocycles. The summed E-state index contributed by atoms with van der Waals surface area (Å²) in [6.45, 7) is 0. The van der Waals surface area contributed by atoms with Crippen molar-refractivity contribution < 1.29 is 4.79 Å². The van der Waals surface area contributed by atoms with Crippen LogP contribution in [0.25, 0.3) is 10.2 Å². The lowest BCUT2D eigenvalue weighted by Crippen LogP contribution is -2.13. The third-order valence-corrected chi connectivity index (χ3v) is 4.87. The highest BCUT2D eigenvalue weighted by Crippen LogP contribution is 2.26. The van der Waals surface area contributed by atoms with E-state index >= 15 is 0 Å². The first-order chi connectivity index (χ1) is 11.7. The number of thiophene rings is 1. The number of benzene rings is 1. The van der Waals surface area contributed by atoms with Crippen molar-refractivity contribution >= 4 is 50.7 Å². The number of fused-ring (bicyclic) bond motifs is 1. The topological polar surface area (TPSA) is 105 Å². The van der Waals surface area contributed by atoms with Crippen LogP contribution in [-0.4, -0.2) is 21.6 Å². The van der Waals surface area contributed by atoms with Crippen molar-refractivity contribution in [3.05, 3.63) is 41.3 Å². The van der Waals surface area contributed by atoms with Crippen LogP contribution >= 0.6 is 23.1 Å². The van der Waals surface area contributed by atoms with Crippen molar-refractivity contribution in [1.82, 2.24) is 9.97 Å². The fourth-order valence-corrected chi connectivity index (χ4v) is 3.68. The van der Waals surface area contributed by atoms with Crippen LogP contribution in [0, 0.1) is 11.3 Å². The molecule has 0 saturated heterocycles. The maximum Gasteiger partial charge on any atom is 0.225 e. The fraction of sp³-hybridized carbons (Fsp3) is 0.125. The fourth-order valence-electron chi connectivity index (χ4n) is 2.06. The van der Waals surface area contributed by atoms with Crippen molar-refractivity contribution in [1.29, 1.82) is 5.26 Å². The summed E-state index contributed by atoms with van der Waals surface area (Å²) in [6.07, 6.45) is 0.288. The standard InChI is InChI=1S/C16H13N5OS2/c17-9-10-3-1-2-4-12(10)19-13(22)6-8-24-16-20-14(18)11-5-7-23-15(11)21-16/h1-5,7H,6,8H2,(H,19,22)(H2,18,20,21). The Bertz CT molecular complexity index is 932. The zero-order valence-electron chi connectivity index (χ0n) is 12.5. The first-order valence-electron chi connectivity index (χ1n) is 7.10. The van der Waals surface area contributed by atoms with Crippen LogP contribution < -0.4 is 11.1 Å². The Morgan fingerprint density at radius 1 is 1.33 bits per heavy atom. The second-order valence-corrected chi connectivity index (χ2v) is 6.79. The van der Waals surface area contributed by atoms with Gasteiger partial charge >= 0.3 is 0 Å². The molecule has 0 radical (unpaired) electrons. The summed E-state index contributed by atoms with van der Waals surface area (Å²) in [6, 6.07) is 10.8. The Hall–Kier alpha value is -2.63. The van der Waals surface area contributed by atoms with Crippen molar-refractivity contribution in [3.8, 4) is 6.07 Å². The van der Waals surface area contributed by atoms with Crippen LogP contribution in [-0.2, 0) is 4.79 Å². The molecule has 1 amide bonds. The zero-order valence-corrected chi connectivity index (χ0v) is 14.2. The number of anilines is 2. The molecule has 0 aliphatic rings. The van der Waals surface area contributed by atoms with Crippen molar-refractivity contribution in [2.45, 2.75) is 11.6 Å². The lowest BCUT2D eigenvalue weighted by Gasteiger charge is -2.06. The number of hydrogen-bond donors (Lipinski definition) is 2. The maximum atomic E-state index is 12.0. The number of aromatic nitrogens is 2. The van der Waals surface area contributed by atoms with Crippen molar-refractivity contribution in [2.75, 3.05) is 16.8 Å². The van der Waals surface area contributed by atoms with E-state index in [9.17, 15) is 4.79 Å². The number of carbonyl (C=O) groups excluding carboxylic acids is 1. The summed E-state index contributed by atoms with van der Waals surface area (Å²) in [5.74, 6) is 0.822. The number of rotatable bonds is 5. The lowest BCUT2D eigenvalue weighted by atomic mass is 10.2. The van der Waals surface area contributed by atoms with Gasteiger partial charge in [0.2, 0.25) is 5.91 Å². The number of nitriles is 1. The molecule has 0 atom stereocenters. The van der Waals surface area contributed by atoms with E-state index in [1.165, 1.54) is 23.1 Å². The molecule has 6 nitrogen and oxygen atoms in total. The number of nitrogens with one attached hydrogen (secondary N) is 1. The molecule has 0 aliphatic heterocycles. The normalized spacial score (nSPS) is 10.5. The molecule has 2 heterocycles. The van der Waals surface area contributed by atoms with E-state index in [1.807, 2.05) is 11.4 Å². The number of carbonyl (C=O) groups is 1. The van der Waals surface area contributed by atoms with Crippen LogP contribution in [0.4, 0.5) is 11.5 Å². The van der Waals surface area contributed by atoms with Gasteiger partial charge in [-0.15, -0.1) is 11.3 Å². The van der Waals surface area contributed by atoms with Crippen LogP contribution in [0.2, 0.25) is 0 Å². The quantitative estimate of drug-likeness (QED) is 0.537. The van der Waals surface area contributed by atoms with E-state index in [0.717, 1.165) is 10.2 Å². The van der Waals surface area contributed by atoms with Gasteiger partial charge in [-0.1, -0.05) is 23.9 Å². The minimum Gasteiger partial charge on any atom is -0.383 e. The molecule has 0 spiro atoms. The van der Waals surface area contributed by atoms with Crippen LogP contribution in [0.15, 0.2) is 40.9 Å². The maximum absolute atomic E-state index is 12.0. The molecular weight excluding hydrogens is 342 g/mol. The highest BCUT2D eigenvalue weighted by atomic mass is 32.2. The molecule has 0 saturated carbocycles. The summed E-state index contributed by atoms with van der Waals surface area (Å²) >= 11 is 2.89. The molecule has 3 N–H and O–H groups in total. The average Bonchev–Trinajstić information content (AvgIpc) is 3.04. The highest BCUT2D eigenvalue weighted by Gasteiger charge is 2.09. The highest BCUT2D eigenvalue weighted by molar-refractivity contribution is 7.99. The molecule has 0 bridgehead atoms. The van der Waals surface area contributed by atoms with Gasteiger partial charge in [-0.2, -0.15) is 5.26 Å². The molecule has 3 rings (SSSR count). The van der Waals surface area contributed by atoms with E-state index in [2.05, 4.69) is 21.4 Å². The predicted octanol–water partition coefficient (Wildman–Crippen LogP) is 3.27. The lowest BCUT2D eigenvalue weighted by molar-refractivity contribution is -0.115. The van der Waals surface area contributed by atoms with Gasteiger partial charge in [-0.05, 0) is 23.6 Å². The molecule has 0 fully saturated rings. The summed E-state index contributed by atoms with van der Waals surface area (Å²) in [5, 5.41) is 15.1. The Balaban J connectivity index is 1.57. The SMILES string of the molecule is N#Cc1ccccc1NC(=O)CCSc1nc(N)c2ccsc2n1. The number of amides is 1. The van der Waals surface area contributed by atoms with Crippen LogP contribution in [0.3, 0.4) is 0 Å². The van der Waals surface area contributed by atoms with E-state index in [-0.39, 0.29) is 12.3 Å². The minimum atomic E-state index is -0.157. The van der Waals surface area contributed by atoms with E-state index < -0.39 is 0 Å². The Morgan fingerprint density at radius 3 is 3.00 bits per heavy atom. The molecule has 0 unspecified atom stereocenters. The molecule has 24 heavy (non-hydrogen) atoms. The summed E-state index contributed by atoms with van der Waals surface area (Å²) < 4.78 is 0. The minimum absolute atomic E-state index is 0.157. The number of nitrogens with zero attached hydrogens (tertiary/aromatic N) is 3. The summed E-state index contributed by atoms with van der Waals surface area (Å²) in [5.41, 5.74) is 6.87. The second-order valence-electron chi connectivity index (χ2n) is 4.83. The van der Waals surface area contributed by atoms with Gasteiger partial charge < -0.3 is 11.1 Å². The largest absolute Gasteiger partial charge is 0.383 e. The number of hydrogen-bond acceptors (Lipinski definition) is 7. The van der Waals surface area contributed by atoms with E-state index in [4.69, 9.17) is 11.0 Å². The van der Waals surface area contributed by atoms with Gasteiger partial charge in [0.1, 0.15) is 16.7 Å². The molecule has 1 aromatic carbocycles. The number of thioether (sulfide) groups is 1. The Morgan fingerprint density at radius 2 is 2.17 bits per heavy atom. The molecular formula is C16H13N5OS2. The smallest absolute Gasteiger partial charge is 0.225 e. The van der Waals surface area contributed by atoms with E-state index in [0.29, 0.717) is 28.0 Å². The molecule has 8 heteroatoms. The predicted molar refractivity (Wildman–Crippen MR) is 97.0 cm³/mol. The first kappa shape index (κ1) is 16.2. The van der Waals surface area contributed by atoms with Crippen molar-refractivity contribution in [3.63, 3.8) is 0 Å². The third kappa shape index (κ3) is 3.64. The van der Waals surface area contributed by atoms with Gasteiger partial charge in [-0.3, -0.25) is 4.79 Å².